The van der Waals surface area contributed by atoms with Crippen LogP contribution in [0.1, 0.15) is 19.9 Å². The van der Waals surface area contributed by atoms with Crippen LogP contribution in [0.4, 0.5) is 5.69 Å². The SMILES string of the molecule is CC(C)[C@@H](C(=O)Nc1ccc(I)cc1Cl)n1c(O)c(-c2ccc(OC[C@@H](O)CO)cc2)[nH]c1=O. The quantitative estimate of drug-likeness (QED) is 0.239. The first kappa shape index (κ1) is 26.1. The molecular weight excluding hydrogens is 577 g/mol. The van der Waals surface area contributed by atoms with Crippen LogP contribution in [0.3, 0.4) is 0 Å². The number of H-pyrrole nitrogens is 1. The number of imidazole rings is 1. The maximum atomic E-state index is 13.1. The highest BCUT2D eigenvalue weighted by atomic mass is 127. The molecule has 11 heteroatoms. The summed E-state index contributed by atoms with van der Waals surface area (Å²) in [5.74, 6) is -0.765. The molecule has 3 rings (SSSR count). The molecule has 3 aromatic rings. The minimum absolute atomic E-state index is 0.0793. The molecule has 2 atom stereocenters. The van der Waals surface area contributed by atoms with E-state index in [0.717, 1.165) is 8.14 Å². The molecule has 9 nitrogen and oxygen atoms in total. The number of amides is 1. The van der Waals surface area contributed by atoms with E-state index in [1.54, 1.807) is 56.3 Å². The second-order valence-electron chi connectivity index (χ2n) is 7.97. The number of aromatic nitrogens is 2. The number of benzene rings is 2. The lowest BCUT2D eigenvalue weighted by atomic mass is 10.0. The van der Waals surface area contributed by atoms with E-state index in [4.69, 9.17) is 21.4 Å². The average Bonchev–Trinajstić information content (AvgIpc) is 3.08. The predicted molar refractivity (Wildman–Crippen MR) is 137 cm³/mol. The highest BCUT2D eigenvalue weighted by molar-refractivity contribution is 14.1. The Morgan fingerprint density at radius 1 is 1.24 bits per heavy atom. The zero-order chi connectivity index (χ0) is 25.0. The molecule has 0 unspecified atom stereocenters. The number of aromatic amines is 1. The average molecular weight is 602 g/mol. The molecule has 34 heavy (non-hydrogen) atoms. The fourth-order valence-electron chi connectivity index (χ4n) is 3.38. The fraction of sp³-hybridized carbons (Fsp3) is 0.304. The monoisotopic (exact) mass is 601 g/mol. The maximum absolute atomic E-state index is 13.1. The highest BCUT2D eigenvalue weighted by Crippen LogP contribution is 2.33. The van der Waals surface area contributed by atoms with Crippen molar-refractivity contribution in [2.75, 3.05) is 18.5 Å². The molecule has 182 valence electrons. The van der Waals surface area contributed by atoms with Crippen LogP contribution in [-0.2, 0) is 4.79 Å². The Hall–Kier alpha value is -2.54. The van der Waals surface area contributed by atoms with Gasteiger partial charge in [-0.1, -0.05) is 25.4 Å². The largest absolute Gasteiger partial charge is 0.493 e. The molecule has 1 amide bonds. The van der Waals surface area contributed by atoms with Gasteiger partial charge in [-0.3, -0.25) is 4.79 Å². The van der Waals surface area contributed by atoms with Gasteiger partial charge in [-0.2, -0.15) is 0 Å². The minimum Gasteiger partial charge on any atom is -0.493 e. The number of aromatic hydroxyl groups is 1. The summed E-state index contributed by atoms with van der Waals surface area (Å²) in [6, 6.07) is 10.6. The van der Waals surface area contributed by atoms with Gasteiger partial charge in [0.15, 0.2) is 0 Å². The lowest BCUT2D eigenvalue weighted by Crippen LogP contribution is -2.35. The lowest BCUT2D eigenvalue weighted by molar-refractivity contribution is -0.120. The van der Waals surface area contributed by atoms with Gasteiger partial charge < -0.3 is 30.4 Å². The van der Waals surface area contributed by atoms with Crippen molar-refractivity contribution in [3.8, 4) is 22.9 Å². The fourth-order valence-corrected chi connectivity index (χ4v) is 4.28. The van der Waals surface area contributed by atoms with Crippen molar-refractivity contribution < 1.29 is 24.9 Å². The molecular formula is C23H25ClIN3O6. The van der Waals surface area contributed by atoms with E-state index in [1.165, 1.54) is 0 Å². The number of hydrogen-bond donors (Lipinski definition) is 5. The standard InChI is InChI=1S/C23H25ClIN3O6/c1-12(2)20(21(31)26-18-8-5-14(25)9-17(18)24)28-22(32)19(27-23(28)33)13-3-6-16(7-4-13)34-11-15(30)10-29/h3-9,12,15,20,29-30,32H,10-11H2,1-2H3,(H,26,31)(H,27,33)/t15-,20-/m0/s1. The molecule has 0 bridgehead atoms. The Labute approximate surface area is 214 Å². The van der Waals surface area contributed by atoms with Gasteiger partial charge in [0.25, 0.3) is 0 Å². The summed E-state index contributed by atoms with van der Waals surface area (Å²) in [7, 11) is 0. The van der Waals surface area contributed by atoms with Crippen molar-refractivity contribution in [3.63, 3.8) is 0 Å². The summed E-state index contributed by atoms with van der Waals surface area (Å²) in [5.41, 5.74) is 0.411. The van der Waals surface area contributed by atoms with Crippen LogP contribution in [0.25, 0.3) is 11.3 Å². The number of aliphatic hydroxyl groups excluding tert-OH is 2. The van der Waals surface area contributed by atoms with Crippen molar-refractivity contribution in [2.45, 2.75) is 26.0 Å². The summed E-state index contributed by atoms with van der Waals surface area (Å²) in [4.78, 5) is 28.5. The van der Waals surface area contributed by atoms with E-state index in [1.807, 2.05) is 0 Å². The van der Waals surface area contributed by atoms with E-state index in [-0.39, 0.29) is 24.1 Å². The van der Waals surface area contributed by atoms with Crippen molar-refractivity contribution in [1.29, 1.82) is 0 Å². The molecule has 0 radical (unpaired) electrons. The molecule has 0 aliphatic heterocycles. The molecule has 0 aliphatic carbocycles. The van der Waals surface area contributed by atoms with Crippen LogP contribution in [0.2, 0.25) is 5.02 Å². The van der Waals surface area contributed by atoms with Crippen LogP contribution >= 0.6 is 34.2 Å². The van der Waals surface area contributed by atoms with Crippen molar-refractivity contribution >= 4 is 45.8 Å². The van der Waals surface area contributed by atoms with Crippen LogP contribution < -0.4 is 15.7 Å². The molecule has 0 saturated carbocycles. The molecule has 2 aromatic carbocycles. The maximum Gasteiger partial charge on any atom is 0.329 e. The third-order valence-corrected chi connectivity index (χ3v) is 6.05. The second kappa shape index (κ2) is 11.3. The van der Waals surface area contributed by atoms with Crippen molar-refractivity contribution in [2.24, 2.45) is 5.92 Å². The first-order valence-corrected chi connectivity index (χ1v) is 11.9. The van der Waals surface area contributed by atoms with Crippen molar-refractivity contribution in [1.82, 2.24) is 9.55 Å². The zero-order valence-corrected chi connectivity index (χ0v) is 21.4. The Morgan fingerprint density at radius 3 is 2.50 bits per heavy atom. The molecule has 1 aromatic heterocycles. The number of aliphatic hydroxyl groups is 2. The van der Waals surface area contributed by atoms with E-state index in [0.29, 0.717) is 22.0 Å². The van der Waals surface area contributed by atoms with Crippen LogP contribution in [0.5, 0.6) is 11.6 Å². The molecule has 0 aliphatic rings. The zero-order valence-electron chi connectivity index (χ0n) is 18.5. The number of nitrogens with zero attached hydrogens (tertiary/aromatic N) is 1. The summed E-state index contributed by atoms with van der Waals surface area (Å²) in [5, 5.41) is 32.3. The normalized spacial score (nSPS) is 13.0. The summed E-state index contributed by atoms with van der Waals surface area (Å²) < 4.78 is 7.30. The van der Waals surface area contributed by atoms with Gasteiger partial charge in [0.1, 0.15) is 30.2 Å². The van der Waals surface area contributed by atoms with Gasteiger partial charge >= 0.3 is 5.69 Å². The number of nitrogens with one attached hydrogen (secondary N) is 2. The predicted octanol–water partition coefficient (Wildman–Crippen LogP) is 3.37. The smallest absolute Gasteiger partial charge is 0.329 e. The van der Waals surface area contributed by atoms with Crippen LogP contribution in [0, 0.1) is 9.49 Å². The van der Waals surface area contributed by atoms with E-state index < -0.39 is 30.3 Å². The van der Waals surface area contributed by atoms with Gasteiger partial charge in [-0.25, -0.2) is 9.36 Å². The van der Waals surface area contributed by atoms with Gasteiger partial charge in [0, 0.05) is 9.13 Å². The topological polar surface area (TPSA) is 137 Å². The molecule has 0 saturated heterocycles. The first-order valence-electron chi connectivity index (χ1n) is 10.4. The van der Waals surface area contributed by atoms with E-state index in [2.05, 4.69) is 32.9 Å². The number of carbonyl (C=O) groups is 1. The minimum atomic E-state index is -1.00. The van der Waals surface area contributed by atoms with Crippen LogP contribution in [-0.4, -0.2) is 50.1 Å². The van der Waals surface area contributed by atoms with Gasteiger partial charge in [-0.15, -0.1) is 0 Å². The number of ether oxygens (including phenoxy) is 1. The Bertz CT molecular complexity index is 1210. The molecule has 0 fully saturated rings. The Balaban J connectivity index is 1.88. The lowest BCUT2D eigenvalue weighted by Gasteiger charge is -2.22. The molecule has 1 heterocycles. The van der Waals surface area contributed by atoms with Gasteiger partial charge in [0.05, 0.1) is 17.3 Å². The Kier molecular flexibility index (Phi) is 8.63. The number of hydrogen-bond acceptors (Lipinski definition) is 6. The van der Waals surface area contributed by atoms with E-state index in [9.17, 15) is 19.8 Å². The number of carbonyl (C=O) groups excluding carboxylic acids is 1. The van der Waals surface area contributed by atoms with E-state index >= 15 is 0 Å². The third-order valence-electron chi connectivity index (χ3n) is 5.07. The number of halogens is 2. The number of anilines is 1. The molecule has 5 N–H and O–H groups in total. The third kappa shape index (κ3) is 5.93. The Morgan fingerprint density at radius 2 is 1.91 bits per heavy atom. The highest BCUT2D eigenvalue weighted by Gasteiger charge is 2.30. The van der Waals surface area contributed by atoms with Gasteiger partial charge in [-0.05, 0) is 71.0 Å². The summed E-state index contributed by atoms with van der Waals surface area (Å²) >= 11 is 8.34. The van der Waals surface area contributed by atoms with Gasteiger partial charge in [0.2, 0.25) is 11.8 Å². The summed E-state index contributed by atoms with van der Waals surface area (Å²) in [6.45, 7) is 3.04. The van der Waals surface area contributed by atoms with Crippen molar-refractivity contribution in [3.05, 3.63) is 61.5 Å². The summed E-state index contributed by atoms with van der Waals surface area (Å²) in [6.07, 6.45) is -0.998. The first-order chi connectivity index (χ1) is 16.1. The number of rotatable bonds is 9. The molecule has 0 spiro atoms. The second-order valence-corrected chi connectivity index (χ2v) is 9.63. The van der Waals surface area contributed by atoms with Crippen LogP contribution in [0.15, 0.2) is 47.3 Å².